The maximum atomic E-state index is 11.8. The Kier molecular flexibility index (Phi) is 7.03. The number of carbonyl (C=O) groups excluding carboxylic acids is 1. The van der Waals surface area contributed by atoms with E-state index in [1.54, 1.807) is 6.92 Å². The first-order valence-corrected chi connectivity index (χ1v) is 6.79. The molecule has 2 atom stereocenters. The monoisotopic (exact) mass is 249 g/mol. The van der Waals surface area contributed by atoms with Crippen LogP contribution in [0.1, 0.15) is 47.5 Å². The number of carbonyl (C=O) groups is 1. The minimum absolute atomic E-state index is 0.0842. The molecule has 0 aliphatic carbocycles. The predicted molar refractivity (Wildman–Crippen MR) is 66.4 cm³/mol. The highest BCUT2D eigenvalue weighted by molar-refractivity contribution is 7.90. The van der Waals surface area contributed by atoms with Crippen LogP contribution < -0.4 is 4.72 Å². The maximum absolute atomic E-state index is 11.8. The van der Waals surface area contributed by atoms with Gasteiger partial charge in [0, 0.05) is 11.4 Å². The molecule has 0 saturated heterocycles. The Hall–Kier alpha value is -0.260. The summed E-state index contributed by atoms with van der Waals surface area (Å²) in [5.41, 5.74) is 0. The molecule has 0 amide bonds. The number of rotatable bonds is 6. The highest BCUT2D eigenvalue weighted by Crippen LogP contribution is 2.15. The molecule has 0 saturated carbocycles. The summed E-state index contributed by atoms with van der Waals surface area (Å²) in [5, 5.41) is 0. The van der Waals surface area contributed by atoms with Crippen LogP contribution in [-0.2, 0) is 20.9 Å². The first-order chi connectivity index (χ1) is 7.31. The lowest BCUT2D eigenvalue weighted by Gasteiger charge is -2.27. The first-order valence-electron chi connectivity index (χ1n) is 5.64. The topological polar surface area (TPSA) is 61.4 Å². The van der Waals surface area contributed by atoms with Crippen molar-refractivity contribution in [2.24, 2.45) is 0 Å². The quantitative estimate of drug-likeness (QED) is 0.575. The number of ether oxygens (including phenoxy) is 1. The van der Waals surface area contributed by atoms with E-state index < -0.39 is 11.4 Å². The lowest BCUT2D eigenvalue weighted by Crippen LogP contribution is -2.45. The van der Waals surface area contributed by atoms with Crippen LogP contribution in [-0.4, -0.2) is 27.9 Å². The van der Waals surface area contributed by atoms with Crippen molar-refractivity contribution in [2.75, 3.05) is 6.61 Å². The van der Waals surface area contributed by atoms with E-state index in [9.17, 15) is 9.35 Å². The van der Waals surface area contributed by atoms with Gasteiger partial charge in [0.25, 0.3) is 0 Å². The molecule has 0 aliphatic rings. The van der Waals surface area contributed by atoms with Crippen LogP contribution in [0.4, 0.5) is 0 Å². The lowest BCUT2D eigenvalue weighted by atomic mass is 10.2. The summed E-state index contributed by atoms with van der Waals surface area (Å²) in [6.45, 7) is 9.81. The van der Waals surface area contributed by atoms with Gasteiger partial charge in [-0.2, -0.15) is 0 Å². The van der Waals surface area contributed by atoms with Gasteiger partial charge < -0.3 is 9.29 Å². The number of hydrogen-bond acceptors (Lipinski definition) is 4. The van der Waals surface area contributed by atoms with Crippen LogP contribution in [0.25, 0.3) is 0 Å². The molecular weight excluding hydrogens is 226 g/mol. The summed E-state index contributed by atoms with van der Waals surface area (Å²) in [7, 11) is 0. The number of hydrogen-bond donors (Lipinski definition) is 1. The van der Waals surface area contributed by atoms with E-state index in [-0.39, 0.29) is 23.2 Å². The summed E-state index contributed by atoms with van der Waals surface area (Å²) in [6, 6.07) is -0.0842. The third-order valence-electron chi connectivity index (χ3n) is 2.04. The molecule has 0 fully saturated rings. The summed E-state index contributed by atoms with van der Waals surface area (Å²) in [4.78, 5) is 11.3. The largest absolute Gasteiger partial charge is 0.598 e. The molecule has 4 nitrogen and oxygen atoms in total. The smallest absolute Gasteiger partial charge is 0.307 e. The Balaban J connectivity index is 4.15. The van der Waals surface area contributed by atoms with Crippen LogP contribution in [0, 0.1) is 0 Å². The van der Waals surface area contributed by atoms with Gasteiger partial charge >= 0.3 is 5.97 Å². The zero-order valence-electron chi connectivity index (χ0n) is 10.8. The summed E-state index contributed by atoms with van der Waals surface area (Å²) >= 11 is -1.15. The molecule has 16 heavy (non-hydrogen) atoms. The molecule has 96 valence electrons. The Morgan fingerprint density at radius 2 is 2.00 bits per heavy atom. The normalized spacial score (nSPS) is 15.6. The minimum atomic E-state index is -1.15. The van der Waals surface area contributed by atoms with Crippen molar-refractivity contribution in [3.8, 4) is 0 Å². The molecule has 0 aromatic carbocycles. The molecule has 0 spiro atoms. The van der Waals surface area contributed by atoms with E-state index in [1.807, 2.05) is 27.7 Å². The second-order valence-electron chi connectivity index (χ2n) is 4.61. The molecule has 0 aromatic heterocycles. The van der Waals surface area contributed by atoms with E-state index in [0.717, 1.165) is 6.42 Å². The van der Waals surface area contributed by atoms with Crippen molar-refractivity contribution < 1.29 is 14.1 Å². The van der Waals surface area contributed by atoms with Gasteiger partial charge in [-0.05, 0) is 34.1 Å². The van der Waals surface area contributed by atoms with Gasteiger partial charge in [-0.1, -0.05) is 6.92 Å². The van der Waals surface area contributed by atoms with Crippen molar-refractivity contribution in [3.63, 3.8) is 0 Å². The van der Waals surface area contributed by atoms with Crippen LogP contribution >= 0.6 is 0 Å². The summed E-state index contributed by atoms with van der Waals surface area (Å²) in [5.74, 6) is -0.243. The van der Waals surface area contributed by atoms with Crippen molar-refractivity contribution in [3.05, 3.63) is 0 Å². The van der Waals surface area contributed by atoms with Crippen molar-refractivity contribution in [2.45, 2.75) is 58.2 Å². The third kappa shape index (κ3) is 6.35. The minimum Gasteiger partial charge on any atom is -0.598 e. The van der Waals surface area contributed by atoms with E-state index >= 15 is 0 Å². The van der Waals surface area contributed by atoms with E-state index in [1.165, 1.54) is 0 Å². The fourth-order valence-corrected chi connectivity index (χ4v) is 1.92. The molecule has 1 N–H and O–H groups in total. The maximum Gasteiger partial charge on any atom is 0.307 e. The fraction of sp³-hybridized carbons (Fsp3) is 0.909. The number of esters is 1. The number of nitrogens with one attached hydrogen (secondary N) is 1. The SMILES string of the molecule is CCOC(=O)C[C@@H](CC)N[S@+]([O-])C(C)(C)C. The molecule has 0 rings (SSSR count). The second kappa shape index (κ2) is 7.14. The molecule has 0 bridgehead atoms. The van der Waals surface area contributed by atoms with Crippen LogP contribution in [0.15, 0.2) is 0 Å². The average Bonchev–Trinajstić information content (AvgIpc) is 2.15. The Morgan fingerprint density at radius 1 is 1.44 bits per heavy atom. The molecular formula is C11H23NO3S. The highest BCUT2D eigenvalue weighted by atomic mass is 32.2. The van der Waals surface area contributed by atoms with Gasteiger partial charge in [-0.3, -0.25) is 4.79 Å². The molecule has 0 radical (unpaired) electrons. The van der Waals surface area contributed by atoms with Crippen molar-refractivity contribution in [1.82, 2.24) is 4.72 Å². The van der Waals surface area contributed by atoms with Gasteiger partial charge in [-0.15, -0.1) is 4.72 Å². The van der Waals surface area contributed by atoms with Crippen LogP contribution in [0.2, 0.25) is 0 Å². The first kappa shape index (κ1) is 15.7. The van der Waals surface area contributed by atoms with Crippen molar-refractivity contribution >= 4 is 17.3 Å². The van der Waals surface area contributed by atoms with Gasteiger partial charge in [0.15, 0.2) is 0 Å². The summed E-state index contributed by atoms with van der Waals surface area (Å²) < 4.78 is 19.3. The van der Waals surface area contributed by atoms with E-state index in [0.29, 0.717) is 6.61 Å². The van der Waals surface area contributed by atoms with Gasteiger partial charge in [0.2, 0.25) is 0 Å². The Labute approximate surface area is 101 Å². The van der Waals surface area contributed by atoms with Gasteiger partial charge in [0.1, 0.15) is 4.75 Å². The molecule has 0 unspecified atom stereocenters. The zero-order valence-corrected chi connectivity index (χ0v) is 11.6. The lowest BCUT2D eigenvalue weighted by molar-refractivity contribution is -0.143. The van der Waals surface area contributed by atoms with Gasteiger partial charge in [0.05, 0.1) is 19.1 Å². The Bertz CT molecular complexity index is 216. The Morgan fingerprint density at radius 3 is 2.38 bits per heavy atom. The molecule has 5 heteroatoms. The fourth-order valence-electron chi connectivity index (χ4n) is 1.02. The average molecular weight is 249 g/mol. The van der Waals surface area contributed by atoms with Gasteiger partial charge in [-0.25, -0.2) is 0 Å². The van der Waals surface area contributed by atoms with E-state index in [4.69, 9.17) is 4.74 Å². The van der Waals surface area contributed by atoms with Crippen LogP contribution in [0.5, 0.6) is 0 Å². The van der Waals surface area contributed by atoms with Crippen molar-refractivity contribution in [1.29, 1.82) is 0 Å². The predicted octanol–water partition coefficient (Wildman–Crippen LogP) is 1.77. The standard InChI is InChI=1S/C11H23NO3S/c1-6-9(8-10(13)15-7-2)12-16(14)11(3,4)5/h9,12H,6-8H2,1-5H3/t9-,16-/m1/s1. The molecule has 0 aromatic rings. The third-order valence-corrected chi connectivity index (χ3v) is 3.70. The molecule has 0 aliphatic heterocycles. The molecule has 0 heterocycles. The van der Waals surface area contributed by atoms with Crippen LogP contribution in [0.3, 0.4) is 0 Å². The highest BCUT2D eigenvalue weighted by Gasteiger charge is 2.29. The summed E-state index contributed by atoms with van der Waals surface area (Å²) in [6.07, 6.45) is 1.02. The second-order valence-corrected chi connectivity index (χ2v) is 6.61. The van der Waals surface area contributed by atoms with E-state index in [2.05, 4.69) is 4.72 Å². The zero-order chi connectivity index (χ0) is 12.8.